The molecule has 3 heterocycles. The summed E-state index contributed by atoms with van der Waals surface area (Å²) in [5.41, 5.74) is -0.906. The van der Waals surface area contributed by atoms with E-state index >= 15 is 0 Å². The molecule has 0 bridgehead atoms. The Bertz CT molecular complexity index is 1300. The van der Waals surface area contributed by atoms with Crippen molar-refractivity contribution in [2.24, 2.45) is 0 Å². The van der Waals surface area contributed by atoms with Crippen molar-refractivity contribution < 1.29 is 21.6 Å². The van der Waals surface area contributed by atoms with Gasteiger partial charge < -0.3 is 0 Å². The summed E-state index contributed by atoms with van der Waals surface area (Å²) in [5, 5.41) is 3.70. The average molecular weight is 490 g/mol. The molecule has 0 atom stereocenters. The van der Waals surface area contributed by atoms with Gasteiger partial charge in [0.25, 0.3) is 0 Å². The number of hydrogen-bond acceptors (Lipinski definition) is 5. The molecule has 1 aliphatic heterocycles. The summed E-state index contributed by atoms with van der Waals surface area (Å²) < 4.78 is 68.9. The Morgan fingerprint density at radius 2 is 1.75 bits per heavy atom. The van der Waals surface area contributed by atoms with Crippen molar-refractivity contribution in [3.63, 3.8) is 0 Å². The molecule has 1 aromatic carbocycles. The van der Waals surface area contributed by atoms with Crippen molar-refractivity contribution in [3.05, 3.63) is 63.7 Å². The number of rotatable bonds is 5. The Hall–Kier alpha value is -2.41. The van der Waals surface area contributed by atoms with Gasteiger partial charge in [0.1, 0.15) is 0 Å². The first-order valence-electron chi connectivity index (χ1n) is 9.71. The van der Waals surface area contributed by atoms with Crippen LogP contribution in [0.25, 0.3) is 5.65 Å². The fraction of sp³-hybridized carbons (Fsp3) is 0.368. The number of pyridine rings is 1. The predicted octanol–water partition coefficient (Wildman–Crippen LogP) is 2.17. The van der Waals surface area contributed by atoms with Crippen LogP contribution in [0, 0.1) is 0 Å². The smallest absolute Gasteiger partial charge is 0.299 e. The van der Waals surface area contributed by atoms with Crippen LogP contribution < -0.4 is 5.69 Å². The van der Waals surface area contributed by atoms with Crippen LogP contribution in [0.5, 0.6) is 0 Å². The molecule has 1 fully saturated rings. The van der Waals surface area contributed by atoms with Gasteiger partial charge in [0.2, 0.25) is 10.0 Å². The van der Waals surface area contributed by atoms with E-state index in [0.29, 0.717) is 37.9 Å². The molecule has 8 nitrogen and oxygen atoms in total. The fourth-order valence-corrected chi connectivity index (χ4v) is 5.25. The van der Waals surface area contributed by atoms with Crippen LogP contribution in [0.4, 0.5) is 13.2 Å². The Morgan fingerprint density at radius 1 is 1.03 bits per heavy atom. The average Bonchev–Trinajstić information content (AvgIpc) is 3.08. The molecule has 2 aromatic heterocycles. The molecule has 0 N–H and O–H groups in total. The Labute approximate surface area is 186 Å². The van der Waals surface area contributed by atoms with Gasteiger partial charge in [-0.1, -0.05) is 17.7 Å². The third-order valence-corrected chi connectivity index (χ3v) is 7.55. The molecular formula is C19H19ClF3N5O3S. The number of aromatic nitrogens is 3. The highest BCUT2D eigenvalue weighted by Crippen LogP contribution is 2.36. The molecule has 172 valence electrons. The van der Waals surface area contributed by atoms with E-state index in [4.69, 9.17) is 11.6 Å². The number of nitrogens with zero attached hydrogens (tertiary/aromatic N) is 5. The number of piperazine rings is 1. The first kappa shape index (κ1) is 22.8. The first-order chi connectivity index (χ1) is 15.1. The van der Waals surface area contributed by atoms with E-state index in [0.717, 1.165) is 16.4 Å². The number of sulfonamides is 1. The van der Waals surface area contributed by atoms with Crippen LogP contribution in [0.15, 0.2) is 52.3 Å². The van der Waals surface area contributed by atoms with Crippen LogP contribution in [0.3, 0.4) is 0 Å². The van der Waals surface area contributed by atoms with E-state index in [1.807, 2.05) is 4.90 Å². The number of benzene rings is 1. The second-order valence-electron chi connectivity index (χ2n) is 7.32. The molecular weight excluding hydrogens is 471 g/mol. The van der Waals surface area contributed by atoms with Gasteiger partial charge >= 0.3 is 11.9 Å². The number of hydrogen-bond donors (Lipinski definition) is 0. The molecule has 3 aromatic rings. The molecule has 0 amide bonds. The number of halogens is 4. The molecule has 32 heavy (non-hydrogen) atoms. The van der Waals surface area contributed by atoms with E-state index in [2.05, 4.69) is 5.10 Å². The Balaban J connectivity index is 1.41. The van der Waals surface area contributed by atoms with E-state index < -0.39 is 31.7 Å². The largest absolute Gasteiger partial charge is 0.417 e. The second-order valence-corrected chi connectivity index (χ2v) is 9.66. The standard InChI is InChI=1S/C19H19ClF3N5O3S/c20-16-5-4-14(13-15(16)19(21,22)23)32(30,31)26-10-7-25(8-11-26)9-12-28-18(29)27-6-2-1-3-17(27)24-28/h1-6,13H,7-12H2. The minimum atomic E-state index is -4.75. The molecule has 0 saturated carbocycles. The van der Waals surface area contributed by atoms with Gasteiger partial charge in [0.05, 0.1) is 22.0 Å². The lowest BCUT2D eigenvalue weighted by Gasteiger charge is -2.33. The maximum absolute atomic E-state index is 13.1. The van der Waals surface area contributed by atoms with Gasteiger partial charge in [-0.15, -0.1) is 5.10 Å². The van der Waals surface area contributed by atoms with Gasteiger partial charge in [0.15, 0.2) is 5.65 Å². The second kappa shape index (κ2) is 8.50. The molecule has 0 spiro atoms. The maximum Gasteiger partial charge on any atom is 0.417 e. The molecule has 1 saturated heterocycles. The minimum absolute atomic E-state index is 0.117. The van der Waals surface area contributed by atoms with Gasteiger partial charge in [0, 0.05) is 38.9 Å². The van der Waals surface area contributed by atoms with Crippen molar-refractivity contribution >= 4 is 27.3 Å². The van der Waals surface area contributed by atoms with Crippen LogP contribution in [0.1, 0.15) is 5.56 Å². The lowest BCUT2D eigenvalue weighted by atomic mass is 10.2. The van der Waals surface area contributed by atoms with Crippen LogP contribution in [-0.2, 0) is 22.7 Å². The summed E-state index contributed by atoms with van der Waals surface area (Å²) in [6.07, 6.45) is -3.12. The summed E-state index contributed by atoms with van der Waals surface area (Å²) >= 11 is 5.59. The molecule has 0 unspecified atom stereocenters. The SMILES string of the molecule is O=c1n(CCN2CCN(S(=O)(=O)c3ccc(Cl)c(C(F)(F)F)c3)CC2)nc2ccccn12. The Kier molecular flexibility index (Phi) is 6.05. The van der Waals surface area contributed by atoms with Gasteiger partial charge in [-0.25, -0.2) is 17.9 Å². The van der Waals surface area contributed by atoms with Crippen molar-refractivity contribution in [2.45, 2.75) is 17.6 Å². The monoisotopic (exact) mass is 489 g/mol. The van der Waals surface area contributed by atoms with E-state index in [9.17, 15) is 26.4 Å². The zero-order valence-corrected chi connectivity index (χ0v) is 18.2. The lowest BCUT2D eigenvalue weighted by Crippen LogP contribution is -2.49. The van der Waals surface area contributed by atoms with Gasteiger partial charge in [-0.05, 0) is 30.3 Å². The summed E-state index contributed by atoms with van der Waals surface area (Å²) in [7, 11) is -4.10. The van der Waals surface area contributed by atoms with Crippen LogP contribution >= 0.6 is 11.6 Å². The first-order valence-corrected chi connectivity index (χ1v) is 11.5. The van der Waals surface area contributed by atoms with Gasteiger partial charge in [-0.2, -0.15) is 17.5 Å². The highest BCUT2D eigenvalue weighted by atomic mass is 35.5. The van der Waals surface area contributed by atoms with E-state index in [1.165, 1.54) is 9.08 Å². The third-order valence-electron chi connectivity index (χ3n) is 5.33. The van der Waals surface area contributed by atoms with Crippen molar-refractivity contribution in [1.82, 2.24) is 23.4 Å². The molecule has 0 aliphatic carbocycles. The molecule has 13 heteroatoms. The molecule has 1 aliphatic rings. The number of alkyl halides is 3. The Morgan fingerprint density at radius 3 is 2.41 bits per heavy atom. The number of fused-ring (bicyclic) bond motifs is 1. The van der Waals surface area contributed by atoms with Crippen molar-refractivity contribution in [1.29, 1.82) is 0 Å². The maximum atomic E-state index is 13.1. The van der Waals surface area contributed by atoms with E-state index in [1.54, 1.807) is 24.4 Å². The van der Waals surface area contributed by atoms with Crippen LogP contribution in [0.2, 0.25) is 5.02 Å². The van der Waals surface area contributed by atoms with Crippen molar-refractivity contribution in [3.8, 4) is 0 Å². The summed E-state index contributed by atoms with van der Waals surface area (Å²) in [5.74, 6) is 0. The fourth-order valence-electron chi connectivity index (χ4n) is 3.57. The quantitative estimate of drug-likeness (QED) is 0.549. The topological polar surface area (TPSA) is 79.9 Å². The normalized spacial score (nSPS) is 16.6. The van der Waals surface area contributed by atoms with Crippen molar-refractivity contribution in [2.75, 3.05) is 32.7 Å². The van der Waals surface area contributed by atoms with Crippen LogP contribution in [-0.4, -0.2) is 64.5 Å². The highest BCUT2D eigenvalue weighted by Gasteiger charge is 2.36. The zero-order chi connectivity index (χ0) is 23.1. The predicted molar refractivity (Wildman–Crippen MR) is 111 cm³/mol. The molecule has 4 rings (SSSR count). The minimum Gasteiger partial charge on any atom is -0.299 e. The third kappa shape index (κ3) is 4.40. The van der Waals surface area contributed by atoms with Gasteiger partial charge in [-0.3, -0.25) is 9.30 Å². The van der Waals surface area contributed by atoms with E-state index in [-0.39, 0.29) is 18.8 Å². The lowest BCUT2D eigenvalue weighted by molar-refractivity contribution is -0.137. The summed E-state index contributed by atoms with van der Waals surface area (Å²) in [6.45, 7) is 1.80. The molecule has 0 radical (unpaired) electrons. The zero-order valence-electron chi connectivity index (χ0n) is 16.7. The summed E-state index contributed by atoms with van der Waals surface area (Å²) in [6, 6.07) is 7.83. The summed E-state index contributed by atoms with van der Waals surface area (Å²) in [4.78, 5) is 13.9. The highest BCUT2D eigenvalue weighted by molar-refractivity contribution is 7.89.